The van der Waals surface area contributed by atoms with Crippen LogP contribution in [0.1, 0.15) is 56.3 Å². The van der Waals surface area contributed by atoms with E-state index in [1.165, 1.54) is 4.90 Å². The van der Waals surface area contributed by atoms with E-state index in [0.29, 0.717) is 28.5 Å². The highest BCUT2D eigenvalue weighted by molar-refractivity contribution is 5.90. The summed E-state index contributed by atoms with van der Waals surface area (Å²) < 4.78 is 17.4. The molecule has 0 aliphatic carbocycles. The first-order valence-electron chi connectivity index (χ1n) is 17.2. The van der Waals surface area contributed by atoms with Gasteiger partial charge in [0.1, 0.15) is 31.4 Å². The normalized spacial score (nSPS) is 18.2. The maximum Gasteiger partial charge on any atom is 0.408 e. The van der Waals surface area contributed by atoms with Crippen molar-refractivity contribution < 1.29 is 33.4 Å². The second-order valence-electron chi connectivity index (χ2n) is 12.9. The third-order valence-electron chi connectivity index (χ3n) is 9.34. The molecule has 2 N–H and O–H groups in total. The number of hydrogen-bond donors (Lipinski definition) is 2. The van der Waals surface area contributed by atoms with Crippen LogP contribution in [-0.4, -0.2) is 80.1 Å². The maximum atomic E-state index is 13.2. The minimum absolute atomic E-state index is 0.0181. The second-order valence-corrected chi connectivity index (χ2v) is 12.9. The van der Waals surface area contributed by atoms with Crippen LogP contribution in [0.5, 0.6) is 5.75 Å². The smallest absolute Gasteiger partial charge is 0.408 e. The Balaban J connectivity index is 0.989. The van der Waals surface area contributed by atoms with Crippen LogP contribution in [-0.2, 0) is 16.1 Å². The fraction of sp³-hybridized carbons (Fsp3) is 0.300. The van der Waals surface area contributed by atoms with E-state index in [2.05, 4.69) is 15.5 Å². The monoisotopic (exact) mass is 690 g/mol. The molecule has 51 heavy (non-hydrogen) atoms. The van der Waals surface area contributed by atoms with Crippen LogP contribution in [0.15, 0.2) is 103 Å². The molecule has 11 nitrogen and oxygen atoms in total. The summed E-state index contributed by atoms with van der Waals surface area (Å²) in [5, 5.41) is 5.83. The number of benzene rings is 4. The number of amides is 3. The lowest BCUT2D eigenvalue weighted by atomic mass is 9.86. The number of nitrogens with zero attached hydrogens (tertiary/aromatic N) is 2. The van der Waals surface area contributed by atoms with Crippen molar-refractivity contribution in [2.45, 2.75) is 31.6 Å². The molecule has 3 heterocycles. The molecule has 2 atom stereocenters. The zero-order chi connectivity index (χ0) is 35.6. The van der Waals surface area contributed by atoms with E-state index in [-0.39, 0.29) is 31.9 Å². The van der Waals surface area contributed by atoms with Crippen molar-refractivity contribution in [2.24, 2.45) is 5.92 Å². The molecular formula is C40H42N4O7. The Kier molecular flexibility index (Phi) is 11.6. The van der Waals surface area contributed by atoms with E-state index in [9.17, 15) is 19.2 Å². The molecule has 0 radical (unpaired) electrons. The molecule has 1 unspecified atom stereocenters. The number of carbonyl (C=O) groups excluding carboxylic acids is 4. The van der Waals surface area contributed by atoms with Crippen molar-refractivity contribution in [1.82, 2.24) is 15.1 Å². The lowest BCUT2D eigenvalue weighted by Crippen LogP contribution is -2.52. The standard InChI is InChI=1S/C40H42N4O7/c1-43(39(47)41-34-16-12-28(26-45)13-17-34)22-23-49-38(46)32-14-10-29(11-15-32)27-50-35-9-5-8-33(24-35)37(31-6-3-2-4-7-31)42-40(48)51-36-25-44-20-18-30(36)19-21-44/h2-17,24,26,30,36-37H,18-23,25,27H2,1H3,(H,41,47)(H,42,48)/t36?,37-/m0/s1. The van der Waals surface area contributed by atoms with Crippen molar-refractivity contribution in [2.75, 3.05) is 45.2 Å². The number of carbonyl (C=O) groups is 4. The highest BCUT2D eigenvalue weighted by Gasteiger charge is 2.37. The van der Waals surface area contributed by atoms with Crippen LogP contribution in [0.2, 0.25) is 0 Å². The Hall–Kier alpha value is -5.68. The summed E-state index contributed by atoms with van der Waals surface area (Å²) in [5.41, 5.74) is 4.09. The Bertz CT molecular complexity index is 1790. The number of likely N-dealkylation sites (N-methyl/N-ethyl adjacent to an activating group) is 1. The van der Waals surface area contributed by atoms with Crippen molar-refractivity contribution in [3.63, 3.8) is 0 Å². The average molecular weight is 691 g/mol. The topological polar surface area (TPSA) is 127 Å². The molecule has 0 aromatic heterocycles. The zero-order valence-electron chi connectivity index (χ0n) is 28.5. The van der Waals surface area contributed by atoms with Crippen LogP contribution in [0.25, 0.3) is 0 Å². The van der Waals surface area contributed by atoms with Gasteiger partial charge < -0.3 is 29.7 Å². The minimum atomic E-state index is -0.500. The Morgan fingerprint density at radius 2 is 1.63 bits per heavy atom. The summed E-state index contributed by atoms with van der Waals surface area (Å²) in [4.78, 5) is 52.8. The highest BCUT2D eigenvalue weighted by atomic mass is 16.6. The van der Waals surface area contributed by atoms with Gasteiger partial charge >= 0.3 is 18.1 Å². The van der Waals surface area contributed by atoms with Gasteiger partial charge in [0.15, 0.2) is 0 Å². The Morgan fingerprint density at radius 3 is 2.31 bits per heavy atom. The van der Waals surface area contributed by atoms with Crippen LogP contribution in [0, 0.1) is 5.92 Å². The van der Waals surface area contributed by atoms with Crippen molar-refractivity contribution >= 4 is 30.1 Å². The first-order valence-corrected chi connectivity index (χ1v) is 17.2. The predicted octanol–water partition coefficient (Wildman–Crippen LogP) is 6.31. The number of rotatable bonds is 13. The van der Waals surface area contributed by atoms with Gasteiger partial charge in [-0.05, 0) is 97.1 Å². The molecule has 0 saturated carbocycles. The number of fused-ring (bicyclic) bond motifs is 3. The molecule has 4 aromatic carbocycles. The van der Waals surface area contributed by atoms with E-state index in [1.807, 2.05) is 54.6 Å². The number of esters is 1. The SMILES string of the molecule is CN(CCOC(=O)c1ccc(COc2cccc([C@@H](NC(=O)OC3CN4CCC3CC4)c3ccccc3)c2)cc1)C(=O)Nc1ccc(C=O)cc1. The number of piperidine rings is 3. The van der Waals surface area contributed by atoms with Gasteiger partial charge in [0, 0.05) is 24.8 Å². The molecule has 3 aliphatic heterocycles. The zero-order valence-corrected chi connectivity index (χ0v) is 28.5. The lowest BCUT2D eigenvalue weighted by molar-refractivity contribution is -0.0336. The molecule has 4 aromatic rings. The van der Waals surface area contributed by atoms with Crippen LogP contribution < -0.4 is 15.4 Å². The number of ether oxygens (including phenoxy) is 3. The molecule has 3 fully saturated rings. The van der Waals surface area contributed by atoms with Gasteiger partial charge in [-0.15, -0.1) is 0 Å². The van der Waals surface area contributed by atoms with Crippen molar-refractivity contribution in [3.8, 4) is 5.75 Å². The average Bonchev–Trinajstić information content (AvgIpc) is 3.17. The quantitative estimate of drug-likeness (QED) is 0.124. The van der Waals surface area contributed by atoms with E-state index in [1.54, 1.807) is 55.6 Å². The van der Waals surface area contributed by atoms with Gasteiger partial charge in [-0.2, -0.15) is 0 Å². The summed E-state index contributed by atoms with van der Waals surface area (Å²) in [6.07, 6.45) is 2.34. The molecule has 264 valence electrons. The minimum Gasteiger partial charge on any atom is -0.489 e. The number of hydrogen-bond acceptors (Lipinski definition) is 8. The Morgan fingerprint density at radius 1 is 0.902 bits per heavy atom. The third kappa shape index (κ3) is 9.52. The summed E-state index contributed by atoms with van der Waals surface area (Å²) in [5.74, 6) is 0.553. The summed E-state index contributed by atoms with van der Waals surface area (Å²) in [6.45, 7) is 3.42. The molecule has 7 rings (SSSR count). The van der Waals surface area contributed by atoms with Crippen LogP contribution >= 0.6 is 0 Å². The fourth-order valence-corrected chi connectivity index (χ4v) is 6.35. The largest absolute Gasteiger partial charge is 0.489 e. The molecular weight excluding hydrogens is 648 g/mol. The van der Waals surface area contributed by atoms with E-state index in [4.69, 9.17) is 14.2 Å². The Labute approximate surface area is 297 Å². The number of alkyl carbamates (subject to hydrolysis) is 1. The van der Waals surface area contributed by atoms with Crippen molar-refractivity contribution in [3.05, 3.63) is 131 Å². The first-order chi connectivity index (χ1) is 24.8. The van der Waals surface area contributed by atoms with Crippen molar-refractivity contribution in [1.29, 1.82) is 0 Å². The summed E-state index contributed by atoms with van der Waals surface area (Å²) in [7, 11) is 1.60. The number of anilines is 1. The molecule has 11 heteroatoms. The lowest BCUT2D eigenvalue weighted by Gasteiger charge is -2.43. The molecule has 3 saturated heterocycles. The summed E-state index contributed by atoms with van der Waals surface area (Å²) >= 11 is 0. The van der Waals surface area contributed by atoms with Crippen LogP contribution in [0.3, 0.4) is 0 Å². The first kappa shape index (κ1) is 35.2. The second kappa shape index (κ2) is 16.8. The van der Waals surface area contributed by atoms with Gasteiger partial charge in [-0.25, -0.2) is 14.4 Å². The molecule has 3 aliphatic rings. The number of nitrogens with one attached hydrogen (secondary N) is 2. The van der Waals surface area contributed by atoms with Gasteiger partial charge in [0.2, 0.25) is 0 Å². The predicted molar refractivity (Wildman–Crippen MR) is 192 cm³/mol. The van der Waals surface area contributed by atoms with Gasteiger partial charge in [0.05, 0.1) is 18.2 Å². The highest BCUT2D eigenvalue weighted by Crippen LogP contribution is 2.31. The van der Waals surface area contributed by atoms with Gasteiger partial charge in [-0.1, -0.05) is 54.6 Å². The molecule has 0 spiro atoms. The third-order valence-corrected chi connectivity index (χ3v) is 9.34. The number of aldehydes is 1. The van der Waals surface area contributed by atoms with Crippen LogP contribution in [0.4, 0.5) is 15.3 Å². The van der Waals surface area contributed by atoms with E-state index in [0.717, 1.165) is 55.5 Å². The fourth-order valence-electron chi connectivity index (χ4n) is 6.35. The molecule has 2 bridgehead atoms. The van der Waals surface area contributed by atoms with Gasteiger partial charge in [-0.3, -0.25) is 9.69 Å². The van der Waals surface area contributed by atoms with Gasteiger partial charge in [0.25, 0.3) is 0 Å². The van der Waals surface area contributed by atoms with E-state index >= 15 is 0 Å². The number of urea groups is 1. The maximum absolute atomic E-state index is 13.2. The summed E-state index contributed by atoms with van der Waals surface area (Å²) in [6, 6.07) is 30.1. The molecule has 3 amide bonds. The van der Waals surface area contributed by atoms with E-state index < -0.39 is 18.1 Å².